The van der Waals surface area contributed by atoms with Gasteiger partial charge >= 0.3 is 0 Å². The number of ether oxygens (including phenoxy) is 2. The minimum atomic E-state index is -0.798. The Morgan fingerprint density at radius 2 is 1.09 bits per heavy atom. The number of nitrogens with two attached hydrogens (primary N) is 1. The van der Waals surface area contributed by atoms with E-state index in [0.29, 0.717) is 73.4 Å². The van der Waals surface area contributed by atoms with Gasteiger partial charge in [0.2, 0.25) is 11.9 Å². The van der Waals surface area contributed by atoms with E-state index in [4.69, 9.17) is 26.8 Å². The lowest BCUT2D eigenvalue weighted by atomic mass is 10.0. The number of nitrogens with one attached hydrogen (secondary N) is 1. The number of halogens is 7. The maximum Gasteiger partial charge on any atom is 0.236 e. The van der Waals surface area contributed by atoms with Crippen LogP contribution >= 0.6 is 11.6 Å². The van der Waals surface area contributed by atoms with Crippen molar-refractivity contribution in [2.45, 2.75) is 13.8 Å². The van der Waals surface area contributed by atoms with E-state index in [0.717, 1.165) is 48.7 Å². The number of aromatic nitrogens is 6. The van der Waals surface area contributed by atoms with Crippen molar-refractivity contribution >= 4 is 61.8 Å². The highest BCUT2D eigenvalue weighted by Crippen LogP contribution is 2.38. The van der Waals surface area contributed by atoms with Crippen LogP contribution in [0.3, 0.4) is 0 Å². The maximum absolute atomic E-state index is 14.9. The molecule has 0 unspecified atom stereocenters. The standard InChI is InChI=1S/C24H20F3N5O.C15H9ClF2N2.C9H12FN3O/c1-14-22(18-4-2-3-5-28-18)30-19-11-15(25)10-17(26)21(19)23(14)31-20-12-16(13-29-24(20)27)32-6-8-33-9-7-32;1-8-14(16)13-10(18)6-9(17)7-12(13)20-15(8)11-4-2-3-5-19-11;10-9-8(11)5-7(6-12-9)13-1-3-14-4-2-13/h2-5,10-13H,6-9H2,1H3,(H,30,31);2-7H,1H3;5-6H,1-4,11H2. The smallest absolute Gasteiger partial charge is 0.236 e. The summed E-state index contributed by atoms with van der Waals surface area (Å²) in [6.45, 7) is 8.90. The van der Waals surface area contributed by atoms with E-state index in [1.54, 1.807) is 68.7 Å². The van der Waals surface area contributed by atoms with Crippen molar-refractivity contribution in [3.8, 4) is 22.8 Å². The average Bonchev–Trinajstić information content (AvgIpc) is 3.33. The molecule has 344 valence electrons. The molecule has 2 saturated heterocycles. The number of pyridine rings is 6. The zero-order valence-corrected chi connectivity index (χ0v) is 36.8. The summed E-state index contributed by atoms with van der Waals surface area (Å²) in [7, 11) is 0. The van der Waals surface area contributed by atoms with E-state index in [1.165, 1.54) is 12.4 Å². The second-order valence-electron chi connectivity index (χ2n) is 15.3. The van der Waals surface area contributed by atoms with Gasteiger partial charge in [-0.05, 0) is 55.8 Å². The molecule has 3 N–H and O–H groups in total. The molecule has 67 heavy (non-hydrogen) atoms. The summed E-state index contributed by atoms with van der Waals surface area (Å²) in [6.07, 6.45) is 6.19. The van der Waals surface area contributed by atoms with Crippen LogP contribution < -0.4 is 20.9 Å². The van der Waals surface area contributed by atoms with Crippen LogP contribution in [0.5, 0.6) is 0 Å². The van der Waals surface area contributed by atoms with E-state index < -0.39 is 35.2 Å². The van der Waals surface area contributed by atoms with Crippen molar-refractivity contribution in [1.82, 2.24) is 29.9 Å². The topological polar surface area (TPSA) is 140 Å². The quantitative estimate of drug-likeness (QED) is 0.121. The summed E-state index contributed by atoms with van der Waals surface area (Å²) < 4.78 is 94.2. The fraction of sp³-hybridized carbons (Fsp3) is 0.208. The van der Waals surface area contributed by atoms with Crippen LogP contribution in [0, 0.1) is 49.0 Å². The molecule has 0 atom stereocenters. The predicted octanol–water partition coefficient (Wildman–Crippen LogP) is 10.2. The highest BCUT2D eigenvalue weighted by Gasteiger charge is 2.22. The van der Waals surface area contributed by atoms with Crippen LogP contribution in [-0.2, 0) is 9.47 Å². The SMILES string of the molecule is Cc1c(-c2ccccn2)nc2cc(F)cc(F)c2c1Cl.Cc1c(-c2ccccn2)nc2cc(F)cc(F)c2c1Nc1cc(N2CCOCC2)cnc1F.Nc1cc(N2CCOCC2)cnc1F. The molecule has 0 radical (unpaired) electrons. The first-order valence-electron chi connectivity index (χ1n) is 20.9. The van der Waals surface area contributed by atoms with Gasteiger partial charge in [-0.15, -0.1) is 0 Å². The third-order valence-corrected chi connectivity index (χ3v) is 11.4. The molecule has 8 heterocycles. The third-order valence-electron chi connectivity index (χ3n) is 10.9. The van der Waals surface area contributed by atoms with Gasteiger partial charge in [-0.3, -0.25) is 9.97 Å². The molecule has 12 nitrogen and oxygen atoms in total. The van der Waals surface area contributed by atoms with Crippen molar-refractivity contribution in [2.24, 2.45) is 0 Å². The number of morpholine rings is 2. The molecule has 10 rings (SSSR count). The van der Waals surface area contributed by atoms with Gasteiger partial charge in [0.05, 0.1) is 117 Å². The van der Waals surface area contributed by atoms with Gasteiger partial charge in [-0.2, -0.15) is 8.78 Å². The predicted molar refractivity (Wildman–Crippen MR) is 246 cm³/mol. The molecule has 0 saturated carbocycles. The Balaban J connectivity index is 0.000000151. The third kappa shape index (κ3) is 10.5. The summed E-state index contributed by atoms with van der Waals surface area (Å²) in [6, 6.07) is 17.8. The number of hydrogen-bond donors (Lipinski definition) is 2. The van der Waals surface area contributed by atoms with Crippen LogP contribution in [-0.4, -0.2) is 82.5 Å². The first kappa shape index (κ1) is 46.4. The Kier molecular flexibility index (Phi) is 14.2. The van der Waals surface area contributed by atoms with E-state index in [1.807, 2.05) is 11.0 Å². The zero-order chi connectivity index (χ0) is 47.2. The molecule has 2 aromatic carbocycles. The van der Waals surface area contributed by atoms with Gasteiger partial charge in [-0.25, -0.2) is 37.5 Å². The van der Waals surface area contributed by atoms with E-state index in [9.17, 15) is 26.3 Å². The van der Waals surface area contributed by atoms with E-state index in [-0.39, 0.29) is 43.9 Å². The lowest BCUT2D eigenvalue weighted by Gasteiger charge is -2.29. The number of nitrogen functional groups attached to an aromatic ring is 1. The number of fused-ring (bicyclic) bond motifs is 2. The van der Waals surface area contributed by atoms with E-state index in [2.05, 4.69) is 40.1 Å². The number of nitrogens with zero attached hydrogens (tertiary/aromatic N) is 8. The second kappa shape index (κ2) is 20.6. The normalized spacial score (nSPS) is 13.7. The first-order chi connectivity index (χ1) is 32.4. The summed E-state index contributed by atoms with van der Waals surface area (Å²) in [5.74, 6) is -4.30. The van der Waals surface area contributed by atoms with Crippen molar-refractivity contribution in [3.63, 3.8) is 0 Å². The van der Waals surface area contributed by atoms with Crippen molar-refractivity contribution in [1.29, 1.82) is 0 Å². The van der Waals surface area contributed by atoms with Gasteiger partial charge in [-0.1, -0.05) is 23.7 Å². The molecule has 6 aromatic heterocycles. The van der Waals surface area contributed by atoms with Crippen LogP contribution in [0.1, 0.15) is 11.1 Å². The monoisotopic (exact) mass is 938 g/mol. The molecule has 19 heteroatoms. The summed E-state index contributed by atoms with van der Waals surface area (Å²) in [5, 5.41) is 3.43. The molecular formula is C48H41ClF6N10O2. The summed E-state index contributed by atoms with van der Waals surface area (Å²) in [5.41, 5.74) is 11.0. The highest BCUT2D eigenvalue weighted by molar-refractivity contribution is 6.36. The highest BCUT2D eigenvalue weighted by atomic mass is 35.5. The Morgan fingerprint density at radius 1 is 0.597 bits per heavy atom. The fourth-order valence-corrected chi connectivity index (χ4v) is 7.81. The lowest BCUT2D eigenvalue weighted by Crippen LogP contribution is -2.36. The summed E-state index contributed by atoms with van der Waals surface area (Å²) >= 11 is 6.21. The minimum Gasteiger partial charge on any atom is -0.395 e. The van der Waals surface area contributed by atoms with Crippen LogP contribution in [0.4, 0.5) is 54.8 Å². The molecule has 0 bridgehead atoms. The first-order valence-corrected chi connectivity index (χ1v) is 21.3. The van der Waals surface area contributed by atoms with E-state index >= 15 is 0 Å². The lowest BCUT2D eigenvalue weighted by molar-refractivity contribution is 0.122. The van der Waals surface area contributed by atoms with Gasteiger partial charge in [0.1, 0.15) is 23.3 Å². The van der Waals surface area contributed by atoms with Crippen LogP contribution in [0.25, 0.3) is 44.6 Å². The molecule has 0 aliphatic carbocycles. The van der Waals surface area contributed by atoms with Gasteiger partial charge < -0.3 is 30.3 Å². The van der Waals surface area contributed by atoms with Gasteiger partial charge in [0.25, 0.3) is 0 Å². The van der Waals surface area contributed by atoms with Crippen LogP contribution in [0.15, 0.2) is 97.6 Å². The van der Waals surface area contributed by atoms with Gasteiger partial charge in [0, 0.05) is 68.4 Å². The Bertz CT molecular complexity index is 3060. The van der Waals surface area contributed by atoms with Crippen LogP contribution in [0.2, 0.25) is 5.02 Å². The number of benzene rings is 2. The maximum atomic E-state index is 14.9. The molecular weight excluding hydrogens is 898 g/mol. The molecule has 2 fully saturated rings. The average molecular weight is 939 g/mol. The number of rotatable bonds is 6. The minimum absolute atomic E-state index is 0.0600. The van der Waals surface area contributed by atoms with Crippen molar-refractivity contribution < 1.29 is 35.8 Å². The Labute approximate surface area is 385 Å². The van der Waals surface area contributed by atoms with Crippen molar-refractivity contribution in [2.75, 3.05) is 73.5 Å². The largest absolute Gasteiger partial charge is 0.395 e. The Hall–Kier alpha value is -7.15. The number of hydrogen-bond acceptors (Lipinski definition) is 12. The molecule has 8 aromatic rings. The molecule has 0 spiro atoms. The molecule has 0 amide bonds. The molecule has 2 aliphatic rings. The fourth-order valence-electron chi connectivity index (χ4n) is 7.53. The summed E-state index contributed by atoms with van der Waals surface area (Å²) in [4.78, 5) is 28.9. The number of anilines is 5. The second-order valence-corrected chi connectivity index (χ2v) is 15.7. The molecule has 2 aliphatic heterocycles. The zero-order valence-electron chi connectivity index (χ0n) is 36.0. The van der Waals surface area contributed by atoms with Gasteiger partial charge in [0.15, 0.2) is 0 Å². The Morgan fingerprint density at radius 3 is 1.61 bits per heavy atom. The van der Waals surface area contributed by atoms with Crippen molar-refractivity contribution in [3.05, 3.63) is 149 Å².